The molecule has 1 aromatic heterocycles. The van der Waals surface area contributed by atoms with Crippen LogP contribution in [0.4, 0.5) is 0 Å². The first kappa shape index (κ1) is 21.6. The Bertz CT molecular complexity index is 702. The van der Waals surface area contributed by atoms with Gasteiger partial charge in [0.05, 0.1) is 6.42 Å². The zero-order valence-corrected chi connectivity index (χ0v) is 17.5. The summed E-state index contributed by atoms with van der Waals surface area (Å²) in [5.74, 6) is -0.0251. The van der Waals surface area contributed by atoms with Crippen LogP contribution in [0.1, 0.15) is 43.9 Å². The van der Waals surface area contributed by atoms with Crippen molar-refractivity contribution in [3.8, 4) is 0 Å². The Morgan fingerprint density at radius 1 is 1.31 bits per heavy atom. The first-order valence-corrected chi connectivity index (χ1v) is 11.3. The van der Waals surface area contributed by atoms with Gasteiger partial charge in [-0.15, -0.1) is 23.7 Å². The van der Waals surface area contributed by atoms with Crippen molar-refractivity contribution in [1.82, 2.24) is 14.9 Å². The zero-order chi connectivity index (χ0) is 17.9. The van der Waals surface area contributed by atoms with Crippen LogP contribution in [-0.2, 0) is 21.2 Å². The van der Waals surface area contributed by atoms with Gasteiger partial charge in [-0.05, 0) is 51.3 Å². The van der Waals surface area contributed by atoms with Crippen molar-refractivity contribution in [2.75, 3.05) is 19.6 Å². The molecule has 2 unspecified atom stereocenters. The summed E-state index contributed by atoms with van der Waals surface area (Å²) in [6.45, 7) is 4.24. The number of carbonyl (C=O) groups is 1. The van der Waals surface area contributed by atoms with Crippen molar-refractivity contribution < 1.29 is 13.2 Å². The van der Waals surface area contributed by atoms with Gasteiger partial charge < -0.3 is 10.6 Å². The molecule has 2 fully saturated rings. The molecule has 2 atom stereocenters. The normalized spacial score (nSPS) is 24.7. The lowest BCUT2D eigenvalue weighted by Gasteiger charge is -2.28. The lowest BCUT2D eigenvalue weighted by Crippen LogP contribution is -2.46. The van der Waals surface area contributed by atoms with Gasteiger partial charge in [0.1, 0.15) is 4.21 Å². The van der Waals surface area contributed by atoms with E-state index in [-0.39, 0.29) is 30.8 Å². The van der Waals surface area contributed by atoms with E-state index in [1.165, 1.54) is 11.3 Å². The average Bonchev–Trinajstić information content (AvgIpc) is 3.05. The maximum absolute atomic E-state index is 12.7. The van der Waals surface area contributed by atoms with E-state index < -0.39 is 10.0 Å². The molecule has 2 N–H and O–H groups in total. The molecule has 2 aliphatic heterocycles. The molecule has 0 aliphatic carbocycles. The van der Waals surface area contributed by atoms with E-state index in [1.54, 1.807) is 16.4 Å². The largest absolute Gasteiger partial charge is 0.353 e. The third-order valence-electron chi connectivity index (χ3n) is 4.87. The Morgan fingerprint density at radius 2 is 2.04 bits per heavy atom. The van der Waals surface area contributed by atoms with E-state index in [2.05, 4.69) is 17.6 Å². The summed E-state index contributed by atoms with van der Waals surface area (Å²) in [6, 6.07) is 4.04. The molecule has 9 heteroatoms. The molecule has 6 nitrogen and oxygen atoms in total. The number of amides is 1. The third kappa shape index (κ3) is 5.42. The van der Waals surface area contributed by atoms with Crippen molar-refractivity contribution in [3.05, 3.63) is 17.0 Å². The summed E-state index contributed by atoms with van der Waals surface area (Å²) in [6.07, 6.45) is 5.07. The van der Waals surface area contributed by atoms with Crippen LogP contribution in [-0.4, -0.2) is 50.3 Å². The first-order valence-electron chi connectivity index (χ1n) is 9.07. The second-order valence-electron chi connectivity index (χ2n) is 7.01. The smallest absolute Gasteiger partial charge is 0.252 e. The van der Waals surface area contributed by atoms with Gasteiger partial charge in [-0.1, -0.05) is 6.42 Å². The Morgan fingerprint density at radius 3 is 2.73 bits per heavy atom. The van der Waals surface area contributed by atoms with Gasteiger partial charge in [-0.25, -0.2) is 8.42 Å². The van der Waals surface area contributed by atoms with Crippen molar-refractivity contribution in [2.24, 2.45) is 0 Å². The summed E-state index contributed by atoms with van der Waals surface area (Å²) in [5.41, 5.74) is 0. The van der Waals surface area contributed by atoms with E-state index in [0.717, 1.165) is 43.5 Å². The predicted octanol–water partition coefficient (Wildman–Crippen LogP) is 2.14. The van der Waals surface area contributed by atoms with Crippen LogP contribution >= 0.6 is 23.7 Å². The zero-order valence-electron chi connectivity index (χ0n) is 15.1. The molecule has 0 saturated carbocycles. The molecule has 0 radical (unpaired) electrons. The number of piperidine rings is 2. The molecular weight excluding hydrogens is 394 g/mol. The highest BCUT2D eigenvalue weighted by atomic mass is 35.5. The monoisotopic (exact) mass is 421 g/mol. The Hall–Kier alpha value is -0.670. The molecule has 0 bridgehead atoms. The Labute approximate surface area is 166 Å². The van der Waals surface area contributed by atoms with E-state index in [9.17, 15) is 13.2 Å². The van der Waals surface area contributed by atoms with Gasteiger partial charge in [-0.2, -0.15) is 4.31 Å². The van der Waals surface area contributed by atoms with Crippen LogP contribution < -0.4 is 10.6 Å². The fourth-order valence-electron chi connectivity index (χ4n) is 3.52. The lowest BCUT2D eigenvalue weighted by atomic mass is 10.0. The van der Waals surface area contributed by atoms with Gasteiger partial charge in [0.25, 0.3) is 10.0 Å². The molecule has 0 aromatic carbocycles. The first-order chi connectivity index (χ1) is 11.9. The second-order valence-corrected chi connectivity index (χ2v) is 10.3. The minimum atomic E-state index is -3.40. The van der Waals surface area contributed by atoms with Crippen LogP contribution in [0.25, 0.3) is 0 Å². The molecule has 26 heavy (non-hydrogen) atoms. The molecule has 148 valence electrons. The summed E-state index contributed by atoms with van der Waals surface area (Å²) < 4.78 is 27.3. The van der Waals surface area contributed by atoms with Crippen LogP contribution in [0.2, 0.25) is 0 Å². The third-order valence-corrected chi connectivity index (χ3v) is 8.32. The van der Waals surface area contributed by atoms with E-state index in [4.69, 9.17) is 0 Å². The molecule has 2 saturated heterocycles. The summed E-state index contributed by atoms with van der Waals surface area (Å²) in [4.78, 5) is 13.1. The number of hydrogen-bond acceptors (Lipinski definition) is 5. The van der Waals surface area contributed by atoms with Crippen molar-refractivity contribution in [3.63, 3.8) is 0 Å². The fraction of sp³-hybridized carbons (Fsp3) is 0.706. The number of carbonyl (C=O) groups excluding carboxylic acids is 1. The molecule has 2 aliphatic rings. The summed E-state index contributed by atoms with van der Waals surface area (Å²) >= 11 is 1.22. The summed E-state index contributed by atoms with van der Waals surface area (Å²) in [5, 5.41) is 6.44. The number of nitrogens with one attached hydrogen (secondary N) is 2. The van der Waals surface area contributed by atoms with Crippen LogP contribution in [0, 0.1) is 0 Å². The van der Waals surface area contributed by atoms with Gasteiger partial charge in [0, 0.05) is 30.1 Å². The number of hydrogen-bond donors (Lipinski definition) is 2. The number of halogens is 1. The highest BCUT2D eigenvalue weighted by molar-refractivity contribution is 7.91. The number of sulfonamides is 1. The van der Waals surface area contributed by atoms with Gasteiger partial charge in [0.2, 0.25) is 5.91 Å². The van der Waals surface area contributed by atoms with Crippen LogP contribution in [0.3, 0.4) is 0 Å². The van der Waals surface area contributed by atoms with Crippen molar-refractivity contribution >= 4 is 39.7 Å². The number of thiophene rings is 1. The van der Waals surface area contributed by atoms with E-state index in [1.807, 2.05) is 0 Å². The molecule has 3 heterocycles. The highest BCUT2D eigenvalue weighted by Crippen LogP contribution is 2.27. The standard InChI is InChI=1S/C17H27N3O3S2.ClH/c1-13-11-14(7-8-18-13)19-16(21)12-15-5-6-17(24-15)25(22,23)20-9-3-2-4-10-20;/h5-6,13-14,18H,2-4,7-12H2,1H3,(H,19,21);1H. The predicted molar refractivity (Wildman–Crippen MR) is 107 cm³/mol. The maximum Gasteiger partial charge on any atom is 0.252 e. The number of nitrogens with zero attached hydrogens (tertiary/aromatic N) is 1. The summed E-state index contributed by atoms with van der Waals surface area (Å²) in [7, 11) is -3.40. The van der Waals surface area contributed by atoms with Crippen LogP contribution in [0.5, 0.6) is 0 Å². The average molecular weight is 422 g/mol. The van der Waals surface area contributed by atoms with Gasteiger partial charge >= 0.3 is 0 Å². The maximum atomic E-state index is 12.7. The van der Waals surface area contributed by atoms with Gasteiger partial charge in [-0.3, -0.25) is 4.79 Å². The number of rotatable bonds is 5. The quantitative estimate of drug-likeness (QED) is 0.763. The van der Waals surface area contributed by atoms with Crippen LogP contribution in [0.15, 0.2) is 16.3 Å². The minimum absolute atomic E-state index is 0. The Balaban J connectivity index is 0.00000243. The van der Waals surface area contributed by atoms with Crippen molar-refractivity contribution in [1.29, 1.82) is 0 Å². The highest BCUT2D eigenvalue weighted by Gasteiger charge is 2.27. The van der Waals surface area contributed by atoms with E-state index >= 15 is 0 Å². The second kappa shape index (κ2) is 9.50. The SMILES string of the molecule is CC1CC(NC(=O)Cc2ccc(S(=O)(=O)N3CCCCC3)s2)CCN1.Cl. The molecule has 1 aromatic rings. The molecular formula is C17H28ClN3O3S2. The van der Waals surface area contributed by atoms with E-state index in [0.29, 0.717) is 23.3 Å². The molecule has 1 amide bonds. The molecule has 0 spiro atoms. The fourth-order valence-corrected chi connectivity index (χ4v) is 6.55. The topological polar surface area (TPSA) is 78.5 Å². The molecule has 3 rings (SSSR count). The lowest BCUT2D eigenvalue weighted by molar-refractivity contribution is -0.121. The van der Waals surface area contributed by atoms with Gasteiger partial charge in [0.15, 0.2) is 0 Å². The Kier molecular flexibility index (Phi) is 7.90. The minimum Gasteiger partial charge on any atom is -0.353 e. The van der Waals surface area contributed by atoms with Crippen molar-refractivity contribution in [2.45, 2.75) is 61.7 Å².